The minimum atomic E-state index is -0.380. The second kappa shape index (κ2) is 10.9. The van der Waals surface area contributed by atoms with Gasteiger partial charge in [-0.3, -0.25) is 19.3 Å². The Morgan fingerprint density at radius 3 is 2.50 bits per heavy atom. The first-order valence-electron chi connectivity index (χ1n) is 10.4. The van der Waals surface area contributed by atoms with Crippen LogP contribution >= 0.6 is 11.8 Å². The Morgan fingerprint density at radius 2 is 1.84 bits per heavy atom. The molecule has 1 N–H and O–H groups in total. The number of carbonyl (C=O) groups excluding carboxylic acids is 3. The first-order valence-corrected chi connectivity index (χ1v) is 11.2. The van der Waals surface area contributed by atoms with E-state index in [1.807, 2.05) is 26.0 Å². The molecule has 7 nitrogen and oxygen atoms in total. The lowest BCUT2D eigenvalue weighted by molar-refractivity contribution is -0.122. The van der Waals surface area contributed by atoms with Crippen LogP contribution < -0.4 is 14.8 Å². The molecule has 8 heteroatoms. The third-order valence-corrected chi connectivity index (χ3v) is 5.81. The Labute approximate surface area is 191 Å². The molecule has 1 aliphatic heterocycles. The van der Waals surface area contributed by atoms with Crippen LogP contribution in [0.3, 0.4) is 0 Å². The van der Waals surface area contributed by atoms with Crippen LogP contribution in [0.5, 0.6) is 11.5 Å². The summed E-state index contributed by atoms with van der Waals surface area (Å²) in [6.07, 6.45) is 2.55. The van der Waals surface area contributed by atoms with Crippen LogP contribution in [0.4, 0.5) is 4.79 Å². The van der Waals surface area contributed by atoms with Gasteiger partial charge in [0.2, 0.25) is 0 Å². The maximum absolute atomic E-state index is 12.7. The summed E-state index contributed by atoms with van der Waals surface area (Å²) in [7, 11) is 1.54. The molecule has 32 heavy (non-hydrogen) atoms. The Morgan fingerprint density at radius 1 is 1.09 bits per heavy atom. The first kappa shape index (κ1) is 23.4. The van der Waals surface area contributed by atoms with E-state index in [0.717, 1.165) is 34.2 Å². The van der Waals surface area contributed by atoms with E-state index < -0.39 is 0 Å². The molecule has 0 radical (unpaired) electrons. The number of carbonyl (C=O) groups is 3. The Balaban J connectivity index is 1.61. The fraction of sp³-hybridized carbons (Fsp3) is 0.292. The SMILES string of the molecule is CCOc1ccc(C=C2SC(=O)N(CCNC(=O)c3ccc(CC)cc3)C2=O)cc1OC. The molecule has 0 bridgehead atoms. The number of hydrogen-bond acceptors (Lipinski definition) is 6. The van der Waals surface area contributed by atoms with E-state index in [0.29, 0.717) is 28.6 Å². The Kier molecular flexibility index (Phi) is 7.94. The van der Waals surface area contributed by atoms with Crippen LogP contribution in [0.1, 0.15) is 35.3 Å². The van der Waals surface area contributed by atoms with Gasteiger partial charge in [-0.05, 0) is 66.6 Å². The predicted molar refractivity (Wildman–Crippen MR) is 125 cm³/mol. The van der Waals surface area contributed by atoms with Gasteiger partial charge in [0.1, 0.15) is 0 Å². The van der Waals surface area contributed by atoms with Crippen molar-refractivity contribution < 1.29 is 23.9 Å². The number of imide groups is 1. The smallest absolute Gasteiger partial charge is 0.293 e. The summed E-state index contributed by atoms with van der Waals surface area (Å²) in [5, 5.41) is 2.40. The van der Waals surface area contributed by atoms with Gasteiger partial charge >= 0.3 is 0 Å². The van der Waals surface area contributed by atoms with Gasteiger partial charge in [-0.15, -0.1) is 0 Å². The van der Waals surface area contributed by atoms with Gasteiger partial charge in [-0.1, -0.05) is 25.1 Å². The van der Waals surface area contributed by atoms with Gasteiger partial charge in [-0.2, -0.15) is 0 Å². The highest BCUT2D eigenvalue weighted by molar-refractivity contribution is 8.18. The zero-order chi connectivity index (χ0) is 23.1. The number of amides is 3. The van der Waals surface area contributed by atoms with Crippen LogP contribution in [-0.2, 0) is 11.2 Å². The third kappa shape index (κ3) is 5.50. The molecular formula is C24H26N2O5S. The van der Waals surface area contributed by atoms with E-state index >= 15 is 0 Å². The summed E-state index contributed by atoms with van der Waals surface area (Å²) in [5.41, 5.74) is 2.41. The number of nitrogens with one attached hydrogen (secondary N) is 1. The second-order valence-corrected chi connectivity index (χ2v) is 7.98. The second-order valence-electron chi connectivity index (χ2n) is 6.98. The van der Waals surface area contributed by atoms with Crippen molar-refractivity contribution in [2.75, 3.05) is 26.8 Å². The monoisotopic (exact) mass is 454 g/mol. The van der Waals surface area contributed by atoms with Gasteiger partial charge in [0.25, 0.3) is 17.1 Å². The maximum Gasteiger partial charge on any atom is 0.293 e. The molecule has 3 rings (SSSR count). The number of benzene rings is 2. The summed E-state index contributed by atoms with van der Waals surface area (Å²) in [4.78, 5) is 38.8. The van der Waals surface area contributed by atoms with E-state index in [1.54, 1.807) is 43.5 Å². The average Bonchev–Trinajstić information content (AvgIpc) is 3.07. The van der Waals surface area contributed by atoms with E-state index in [9.17, 15) is 14.4 Å². The van der Waals surface area contributed by atoms with Crippen molar-refractivity contribution in [3.63, 3.8) is 0 Å². The van der Waals surface area contributed by atoms with E-state index in [1.165, 1.54) is 0 Å². The summed E-state index contributed by atoms with van der Waals surface area (Å²) >= 11 is 0.878. The molecule has 0 spiro atoms. The Bertz CT molecular complexity index is 1030. The number of ether oxygens (including phenoxy) is 2. The van der Waals surface area contributed by atoms with Crippen LogP contribution in [0.2, 0.25) is 0 Å². The molecular weight excluding hydrogens is 428 g/mol. The molecule has 2 aromatic carbocycles. The van der Waals surface area contributed by atoms with Gasteiger partial charge in [0, 0.05) is 18.7 Å². The number of aryl methyl sites for hydroxylation is 1. The molecule has 1 heterocycles. The maximum atomic E-state index is 12.7. The highest BCUT2D eigenvalue weighted by atomic mass is 32.2. The first-order chi connectivity index (χ1) is 15.5. The highest BCUT2D eigenvalue weighted by Gasteiger charge is 2.34. The van der Waals surface area contributed by atoms with Crippen LogP contribution in [0.25, 0.3) is 6.08 Å². The average molecular weight is 455 g/mol. The lowest BCUT2D eigenvalue weighted by Crippen LogP contribution is -2.37. The lowest BCUT2D eigenvalue weighted by Gasteiger charge is -2.13. The number of nitrogens with zero attached hydrogens (tertiary/aromatic N) is 1. The van der Waals surface area contributed by atoms with Crippen molar-refractivity contribution in [3.05, 3.63) is 64.1 Å². The minimum absolute atomic E-state index is 0.105. The summed E-state index contributed by atoms with van der Waals surface area (Å²) in [5.74, 6) is 0.542. The van der Waals surface area contributed by atoms with Crippen molar-refractivity contribution in [1.82, 2.24) is 10.2 Å². The quantitative estimate of drug-likeness (QED) is 0.574. The summed E-state index contributed by atoms with van der Waals surface area (Å²) in [6.45, 7) is 4.72. The minimum Gasteiger partial charge on any atom is -0.493 e. The standard InChI is InChI=1S/C24H26N2O5S/c1-4-16-6-9-18(10-7-16)22(27)25-12-13-26-23(28)21(32-24(26)29)15-17-8-11-19(31-5-2)20(14-17)30-3/h6-11,14-15H,4-5,12-13H2,1-3H3,(H,25,27). The molecule has 0 saturated carbocycles. The molecule has 2 aromatic rings. The van der Waals surface area contributed by atoms with Crippen LogP contribution in [0, 0.1) is 0 Å². The van der Waals surface area contributed by atoms with E-state index in [4.69, 9.17) is 9.47 Å². The highest BCUT2D eigenvalue weighted by Crippen LogP contribution is 2.34. The number of thioether (sulfide) groups is 1. The Hall–Kier alpha value is -3.26. The van der Waals surface area contributed by atoms with Crippen LogP contribution in [-0.4, -0.2) is 48.8 Å². The number of rotatable bonds is 9. The van der Waals surface area contributed by atoms with Crippen molar-refractivity contribution in [2.24, 2.45) is 0 Å². The molecule has 0 aliphatic carbocycles. The largest absolute Gasteiger partial charge is 0.493 e. The zero-order valence-corrected chi connectivity index (χ0v) is 19.2. The molecule has 3 amide bonds. The lowest BCUT2D eigenvalue weighted by atomic mass is 10.1. The third-order valence-electron chi connectivity index (χ3n) is 4.90. The van der Waals surface area contributed by atoms with Crippen molar-refractivity contribution >= 4 is 34.9 Å². The van der Waals surface area contributed by atoms with Crippen LogP contribution in [0.15, 0.2) is 47.4 Å². The van der Waals surface area contributed by atoms with E-state index in [-0.39, 0.29) is 30.1 Å². The van der Waals surface area contributed by atoms with Crippen molar-refractivity contribution in [3.8, 4) is 11.5 Å². The predicted octanol–water partition coefficient (Wildman–Crippen LogP) is 4.12. The van der Waals surface area contributed by atoms with Gasteiger partial charge < -0.3 is 14.8 Å². The topological polar surface area (TPSA) is 84.9 Å². The number of methoxy groups -OCH3 is 1. The van der Waals surface area contributed by atoms with Gasteiger partial charge in [0.15, 0.2) is 11.5 Å². The molecule has 1 aliphatic rings. The molecule has 168 valence electrons. The zero-order valence-electron chi connectivity index (χ0n) is 18.3. The van der Waals surface area contributed by atoms with Crippen molar-refractivity contribution in [2.45, 2.75) is 20.3 Å². The van der Waals surface area contributed by atoms with Gasteiger partial charge in [-0.25, -0.2) is 0 Å². The summed E-state index contributed by atoms with van der Waals surface area (Å²) in [6, 6.07) is 12.7. The fourth-order valence-corrected chi connectivity index (χ4v) is 4.03. The molecule has 1 saturated heterocycles. The van der Waals surface area contributed by atoms with E-state index in [2.05, 4.69) is 5.32 Å². The van der Waals surface area contributed by atoms with Crippen molar-refractivity contribution in [1.29, 1.82) is 0 Å². The van der Waals surface area contributed by atoms with Gasteiger partial charge in [0.05, 0.1) is 18.6 Å². The molecule has 0 unspecified atom stereocenters. The fourth-order valence-electron chi connectivity index (χ4n) is 3.17. The molecule has 0 atom stereocenters. The number of hydrogen-bond donors (Lipinski definition) is 1. The molecule has 0 aromatic heterocycles. The molecule has 1 fully saturated rings. The summed E-state index contributed by atoms with van der Waals surface area (Å²) < 4.78 is 10.8. The normalized spacial score (nSPS) is 14.7.